The van der Waals surface area contributed by atoms with Crippen LogP contribution in [0, 0.1) is 0 Å². The van der Waals surface area contributed by atoms with E-state index in [1.807, 2.05) is 0 Å². The summed E-state index contributed by atoms with van der Waals surface area (Å²) in [6.45, 7) is -0.409. The molecule has 8 heteroatoms. The van der Waals surface area contributed by atoms with E-state index in [1.54, 1.807) is 0 Å². The van der Waals surface area contributed by atoms with E-state index < -0.39 is 0 Å². The first-order valence-electron chi connectivity index (χ1n) is 39.6. The van der Waals surface area contributed by atoms with E-state index in [-0.39, 0.29) is 13.4 Å². The maximum atomic E-state index is 2.66. The number of benzene rings is 19. The molecule has 0 fully saturated rings. The van der Waals surface area contributed by atoms with Crippen LogP contribution in [0.1, 0.15) is 0 Å². The van der Waals surface area contributed by atoms with Crippen LogP contribution in [0.3, 0.4) is 0 Å². The van der Waals surface area contributed by atoms with Crippen LogP contribution in [0.4, 0.5) is 68.2 Å². The van der Waals surface area contributed by atoms with Crippen molar-refractivity contribution in [3.05, 3.63) is 400 Å². The number of anilines is 12. The maximum absolute atomic E-state index is 2.66. The van der Waals surface area contributed by atoms with Crippen LogP contribution in [0.15, 0.2) is 400 Å². The smallest absolute Gasteiger partial charge is 0.252 e. The molecule has 0 bridgehead atoms. The molecule has 0 spiro atoms. The zero-order valence-electron chi connectivity index (χ0n) is 61.9. The monoisotopic (exact) mass is 1440 g/mol. The second-order valence-corrected chi connectivity index (χ2v) is 31.1. The van der Waals surface area contributed by atoms with Gasteiger partial charge in [-0.2, -0.15) is 0 Å². The number of para-hydroxylation sites is 6. The van der Waals surface area contributed by atoms with Gasteiger partial charge in [-0.25, -0.2) is 0 Å². The molecular formula is C106H66B2N6. The molecule has 114 heavy (non-hydrogen) atoms. The van der Waals surface area contributed by atoms with Gasteiger partial charge in [0, 0.05) is 101 Å². The first-order chi connectivity index (χ1) is 56.6. The zero-order valence-corrected chi connectivity index (χ0v) is 61.9. The predicted molar refractivity (Wildman–Crippen MR) is 484 cm³/mol. The van der Waals surface area contributed by atoms with Gasteiger partial charge in [-0.05, 0) is 215 Å². The number of aromatic nitrogens is 2. The highest BCUT2D eigenvalue weighted by Gasteiger charge is 2.49. The molecule has 0 saturated carbocycles. The molecule has 526 valence electrons. The fraction of sp³-hybridized carbons (Fsp3) is 0. The van der Waals surface area contributed by atoms with Gasteiger partial charge in [-0.3, -0.25) is 0 Å². The first kappa shape index (κ1) is 63.0. The Morgan fingerprint density at radius 2 is 0.482 bits per heavy atom. The Kier molecular flexibility index (Phi) is 13.4. The third-order valence-corrected chi connectivity index (χ3v) is 25.1. The van der Waals surface area contributed by atoms with Gasteiger partial charge in [0.05, 0.1) is 33.4 Å². The van der Waals surface area contributed by atoms with Crippen LogP contribution in [-0.4, -0.2) is 22.6 Å². The lowest BCUT2D eigenvalue weighted by atomic mass is 9.30. The quantitative estimate of drug-likeness (QED) is 0.141. The normalized spacial score (nSPS) is 13.2. The summed E-state index contributed by atoms with van der Waals surface area (Å²) in [6.07, 6.45) is 0. The minimum atomic E-state index is -0.205. The van der Waals surface area contributed by atoms with Crippen LogP contribution < -0.4 is 52.4 Å². The summed E-state index contributed by atoms with van der Waals surface area (Å²) >= 11 is 0. The predicted octanol–water partition coefficient (Wildman–Crippen LogP) is 24.0. The van der Waals surface area contributed by atoms with Gasteiger partial charge in [0.1, 0.15) is 0 Å². The largest absolute Gasteiger partial charge is 0.311 e. The van der Waals surface area contributed by atoms with Crippen LogP contribution in [0.5, 0.6) is 0 Å². The molecule has 0 atom stereocenters. The zero-order chi connectivity index (χ0) is 74.4. The van der Waals surface area contributed by atoms with Gasteiger partial charge in [0.15, 0.2) is 0 Å². The Morgan fingerprint density at radius 3 is 0.886 bits per heavy atom. The number of hydrogen-bond acceptors (Lipinski definition) is 4. The van der Waals surface area contributed by atoms with E-state index in [9.17, 15) is 0 Å². The highest BCUT2D eigenvalue weighted by molar-refractivity contribution is 7.03. The van der Waals surface area contributed by atoms with Crippen LogP contribution >= 0.6 is 0 Å². The molecule has 0 amide bonds. The Morgan fingerprint density at radius 1 is 0.167 bits per heavy atom. The summed E-state index contributed by atoms with van der Waals surface area (Å²) in [5, 5.41) is 14.5. The van der Waals surface area contributed by atoms with Crippen molar-refractivity contribution in [1.82, 2.24) is 9.13 Å². The lowest BCUT2D eigenvalue weighted by Crippen LogP contribution is -2.65. The van der Waals surface area contributed by atoms with Crippen molar-refractivity contribution in [1.29, 1.82) is 0 Å². The number of nitrogens with zero attached hydrogens (tertiary/aromatic N) is 6. The fourth-order valence-corrected chi connectivity index (χ4v) is 20.2. The molecule has 0 saturated heterocycles. The van der Waals surface area contributed by atoms with E-state index >= 15 is 0 Å². The Labute approximate surface area is 659 Å². The summed E-state index contributed by atoms with van der Waals surface area (Å²) in [6, 6.07) is 151. The standard InChI is InChI=1S/C106H66B2N6/c1-5-31-77(32-6-1)109-95-43-23-21-41-89(95)107-91-65-92-98(66-97(91)111(79-35-9-3-10-36-79)101-63-81(61-99(109)103(101)107)113-93-55-51-75(73-47-45-67-25-13-15-29-71(67)57-73)59-87(93)85-53-49-69-27-17-19-39-83(69)105(85)113)112(80-37-11-4-12-38-80)102-64-82(62-100-104(102)108(92)90-42-22-24-44-96(90)110(100)78-33-7-2-8-34-78)114-94-56-52-76(74-48-46-68-26-14-16-30-72(68)58-74)60-88(94)86-54-50-70-28-18-20-40-84(70)106(86)114/h1-66H. The molecule has 4 aliphatic rings. The van der Waals surface area contributed by atoms with Gasteiger partial charge in [-0.1, -0.05) is 273 Å². The minimum absolute atomic E-state index is 0.205. The van der Waals surface area contributed by atoms with Crippen molar-refractivity contribution in [3.63, 3.8) is 0 Å². The molecule has 19 aromatic carbocycles. The Hall–Kier alpha value is -14.9. The van der Waals surface area contributed by atoms with Gasteiger partial charge >= 0.3 is 0 Å². The van der Waals surface area contributed by atoms with Crippen molar-refractivity contribution in [2.24, 2.45) is 0 Å². The molecule has 0 unspecified atom stereocenters. The summed E-state index contributed by atoms with van der Waals surface area (Å²) < 4.78 is 5.18. The van der Waals surface area contributed by atoms with Gasteiger partial charge in [-0.15, -0.1) is 0 Å². The third kappa shape index (κ3) is 9.16. The maximum Gasteiger partial charge on any atom is 0.252 e. The van der Waals surface area contributed by atoms with Crippen LogP contribution in [0.25, 0.3) is 120 Å². The second-order valence-electron chi connectivity index (χ2n) is 31.1. The molecule has 6 heterocycles. The first-order valence-corrected chi connectivity index (χ1v) is 39.6. The molecule has 2 aromatic heterocycles. The van der Waals surface area contributed by atoms with Gasteiger partial charge < -0.3 is 28.7 Å². The molecule has 4 aliphatic heterocycles. The second kappa shape index (κ2) is 24.3. The molecule has 21 aromatic rings. The number of rotatable bonds is 8. The highest BCUT2D eigenvalue weighted by Crippen LogP contribution is 2.52. The van der Waals surface area contributed by atoms with Gasteiger partial charge in [0.2, 0.25) is 0 Å². The number of hydrogen-bond donors (Lipinski definition) is 0. The van der Waals surface area contributed by atoms with Crippen molar-refractivity contribution in [2.45, 2.75) is 0 Å². The molecule has 0 radical (unpaired) electrons. The fourth-order valence-electron chi connectivity index (χ4n) is 20.2. The molecule has 6 nitrogen and oxygen atoms in total. The van der Waals surface area contributed by atoms with E-state index in [2.05, 4.69) is 429 Å². The van der Waals surface area contributed by atoms with E-state index in [0.717, 1.165) is 90.7 Å². The summed E-state index contributed by atoms with van der Waals surface area (Å²) in [5.74, 6) is 0. The summed E-state index contributed by atoms with van der Waals surface area (Å²) in [4.78, 5) is 10.4. The summed E-state index contributed by atoms with van der Waals surface area (Å²) in [7, 11) is 0. The molecule has 25 rings (SSSR count). The van der Waals surface area contributed by atoms with E-state index in [0.29, 0.717) is 0 Å². The summed E-state index contributed by atoms with van der Waals surface area (Å²) in [5.41, 5.74) is 32.5. The van der Waals surface area contributed by atoms with Crippen LogP contribution in [0.2, 0.25) is 0 Å². The average Bonchev–Trinajstić information content (AvgIpc) is 0.779. The average molecular weight is 1450 g/mol. The molecule has 0 aliphatic carbocycles. The minimum Gasteiger partial charge on any atom is -0.311 e. The van der Waals surface area contributed by atoms with Crippen molar-refractivity contribution < 1.29 is 0 Å². The van der Waals surface area contributed by atoms with Crippen molar-refractivity contribution in [2.75, 3.05) is 19.6 Å². The van der Waals surface area contributed by atoms with Gasteiger partial charge in [0.25, 0.3) is 13.4 Å². The number of fused-ring (bicyclic) bond motifs is 20. The van der Waals surface area contributed by atoms with Crippen molar-refractivity contribution in [3.8, 4) is 33.6 Å². The Balaban J connectivity index is 0.777. The third-order valence-electron chi connectivity index (χ3n) is 25.1. The van der Waals surface area contributed by atoms with Crippen LogP contribution in [-0.2, 0) is 0 Å². The lowest BCUT2D eigenvalue weighted by molar-refractivity contribution is 1.16. The lowest BCUT2D eigenvalue weighted by Gasteiger charge is -2.47. The van der Waals surface area contributed by atoms with Crippen molar-refractivity contribution >= 4 is 201 Å². The van der Waals surface area contributed by atoms with E-state index in [1.165, 1.54) is 131 Å². The Bertz CT molecular complexity index is 7210. The van der Waals surface area contributed by atoms with E-state index in [4.69, 9.17) is 0 Å². The highest BCUT2D eigenvalue weighted by atomic mass is 15.2. The molecule has 0 N–H and O–H groups in total. The SMILES string of the molecule is c1ccc(N2c3ccccc3B3c4cc5c(cc4N(c4ccccc4)c4cc(-n6c7ccc(-c8ccc9ccccc9c8)cc7c7ccc8ccccc8c76)cc2c43)N(c2ccccc2)c2cc(-n3c4ccc(-c6ccc7ccccc7c6)cc4c4ccc6ccccc6c43)cc3c2B5c2ccccc2N3c2ccccc2)cc1. The topological polar surface area (TPSA) is 22.8 Å². The molecular weight excluding hydrogens is 1380 g/mol.